The van der Waals surface area contributed by atoms with E-state index in [1.807, 2.05) is 6.07 Å². The van der Waals surface area contributed by atoms with Gasteiger partial charge in [-0.05, 0) is 18.6 Å². The number of unbranched alkanes of at least 4 members (excludes halogenated alkanes) is 1. The van der Waals surface area contributed by atoms with E-state index in [9.17, 15) is 13.6 Å². The number of carbonyl (C=O) groups is 1. The second-order valence-electron chi connectivity index (χ2n) is 2.99. The highest BCUT2D eigenvalue weighted by atomic mass is 19.1. The molecule has 0 atom stereocenters. The largest absolute Gasteiger partial charge is 0.462 e. The fourth-order valence-electron chi connectivity index (χ4n) is 1.08. The molecule has 0 aliphatic rings. The summed E-state index contributed by atoms with van der Waals surface area (Å²) in [5.41, 5.74) is -0.695. The third kappa shape index (κ3) is 3.02. The monoisotopic (exact) mass is 225 g/mol. The molecular weight excluding hydrogens is 216 g/mol. The van der Waals surface area contributed by atoms with Gasteiger partial charge < -0.3 is 4.74 Å². The molecular formula is C11H9F2NO2. The Kier molecular flexibility index (Phi) is 4.40. The Hall–Kier alpha value is -1.96. The van der Waals surface area contributed by atoms with Gasteiger partial charge >= 0.3 is 5.97 Å². The number of hydrogen-bond donors (Lipinski definition) is 0. The number of nitrogens with zero attached hydrogens (tertiary/aromatic N) is 1. The summed E-state index contributed by atoms with van der Waals surface area (Å²) in [6, 6.07) is 4.99. The fraction of sp³-hybridized carbons (Fsp3) is 0.273. The number of rotatable bonds is 4. The summed E-state index contributed by atoms with van der Waals surface area (Å²) in [4.78, 5) is 11.3. The molecule has 0 aliphatic heterocycles. The first-order valence-corrected chi connectivity index (χ1v) is 4.65. The lowest BCUT2D eigenvalue weighted by Gasteiger charge is -2.05. The maximum absolute atomic E-state index is 13.1. The van der Waals surface area contributed by atoms with Crippen LogP contribution in [0.15, 0.2) is 18.2 Å². The van der Waals surface area contributed by atoms with Crippen molar-refractivity contribution in [3.63, 3.8) is 0 Å². The lowest BCUT2D eigenvalue weighted by molar-refractivity contribution is 0.0490. The van der Waals surface area contributed by atoms with Gasteiger partial charge in [-0.25, -0.2) is 13.6 Å². The van der Waals surface area contributed by atoms with E-state index in [0.717, 1.165) is 18.2 Å². The predicted octanol–water partition coefficient (Wildman–Crippen LogP) is 2.43. The normalized spacial score (nSPS) is 9.56. The van der Waals surface area contributed by atoms with Gasteiger partial charge in [-0.15, -0.1) is 0 Å². The molecule has 0 bridgehead atoms. The lowest BCUT2D eigenvalue weighted by atomic mass is 10.2. The number of ether oxygens (including phenoxy) is 1. The van der Waals surface area contributed by atoms with Gasteiger partial charge in [0, 0.05) is 6.42 Å². The molecule has 3 nitrogen and oxygen atoms in total. The molecule has 84 valence electrons. The van der Waals surface area contributed by atoms with E-state index in [2.05, 4.69) is 4.74 Å². The van der Waals surface area contributed by atoms with Crippen molar-refractivity contribution in [3.8, 4) is 6.07 Å². The quantitative estimate of drug-likeness (QED) is 0.584. The molecule has 0 N–H and O–H groups in total. The highest BCUT2D eigenvalue weighted by Gasteiger charge is 2.17. The van der Waals surface area contributed by atoms with E-state index < -0.39 is 23.2 Å². The van der Waals surface area contributed by atoms with Crippen molar-refractivity contribution in [2.45, 2.75) is 12.8 Å². The van der Waals surface area contributed by atoms with Crippen LogP contribution in [0.4, 0.5) is 8.78 Å². The second kappa shape index (κ2) is 5.81. The van der Waals surface area contributed by atoms with Gasteiger partial charge in [-0.2, -0.15) is 5.26 Å². The molecule has 1 aromatic rings. The third-order valence-electron chi connectivity index (χ3n) is 1.83. The Morgan fingerprint density at radius 2 is 2.00 bits per heavy atom. The van der Waals surface area contributed by atoms with Gasteiger partial charge in [0.05, 0.1) is 12.7 Å². The molecule has 0 aliphatic carbocycles. The van der Waals surface area contributed by atoms with E-state index >= 15 is 0 Å². The molecule has 0 amide bonds. The zero-order valence-electron chi connectivity index (χ0n) is 8.37. The Balaban J connectivity index is 2.63. The molecule has 0 fully saturated rings. The van der Waals surface area contributed by atoms with Crippen molar-refractivity contribution < 1.29 is 18.3 Å². The minimum Gasteiger partial charge on any atom is -0.462 e. The molecule has 0 heterocycles. The maximum atomic E-state index is 13.1. The van der Waals surface area contributed by atoms with Crippen molar-refractivity contribution in [3.05, 3.63) is 35.4 Å². The van der Waals surface area contributed by atoms with Crippen LogP contribution >= 0.6 is 0 Å². The Bertz CT molecular complexity index is 406. The fourth-order valence-corrected chi connectivity index (χ4v) is 1.08. The van der Waals surface area contributed by atoms with Crippen molar-refractivity contribution in [2.24, 2.45) is 0 Å². The molecule has 0 spiro atoms. The number of esters is 1. The van der Waals surface area contributed by atoms with E-state index in [1.165, 1.54) is 0 Å². The first kappa shape index (κ1) is 12.1. The van der Waals surface area contributed by atoms with E-state index in [0.29, 0.717) is 6.42 Å². The van der Waals surface area contributed by atoms with Crippen LogP contribution in [0.25, 0.3) is 0 Å². The van der Waals surface area contributed by atoms with Gasteiger partial charge in [0.25, 0.3) is 0 Å². The van der Waals surface area contributed by atoms with Crippen LogP contribution in [0.3, 0.4) is 0 Å². The predicted molar refractivity (Wildman–Crippen MR) is 51.5 cm³/mol. The van der Waals surface area contributed by atoms with Crippen LogP contribution in [0.2, 0.25) is 0 Å². The Morgan fingerprint density at radius 3 is 2.56 bits per heavy atom. The molecule has 1 aromatic carbocycles. The minimum atomic E-state index is -1.05. The lowest BCUT2D eigenvalue weighted by Crippen LogP contribution is -2.10. The SMILES string of the molecule is N#CCCCOC(=O)c1c(F)cccc1F. The number of carbonyl (C=O) groups excluding carboxylic acids is 1. The average molecular weight is 225 g/mol. The van der Waals surface area contributed by atoms with Crippen molar-refractivity contribution >= 4 is 5.97 Å². The molecule has 0 unspecified atom stereocenters. The highest BCUT2D eigenvalue weighted by Crippen LogP contribution is 2.13. The standard InChI is InChI=1S/C11H9F2NO2/c12-8-4-3-5-9(13)10(8)11(15)16-7-2-1-6-14/h3-5H,1-2,7H2. The maximum Gasteiger partial charge on any atom is 0.344 e. The zero-order valence-corrected chi connectivity index (χ0v) is 8.37. The first-order valence-electron chi connectivity index (χ1n) is 4.65. The summed E-state index contributed by atoms with van der Waals surface area (Å²) in [5.74, 6) is -2.95. The third-order valence-corrected chi connectivity index (χ3v) is 1.83. The molecule has 1 rings (SSSR count). The number of halogens is 2. The van der Waals surface area contributed by atoms with E-state index in [4.69, 9.17) is 5.26 Å². The molecule has 0 saturated carbocycles. The molecule has 0 aromatic heterocycles. The number of nitriles is 1. The smallest absolute Gasteiger partial charge is 0.344 e. The summed E-state index contributed by atoms with van der Waals surface area (Å²) in [5, 5.41) is 8.23. The van der Waals surface area contributed by atoms with Gasteiger partial charge in [-0.1, -0.05) is 6.07 Å². The summed E-state index contributed by atoms with van der Waals surface area (Å²) in [6.45, 7) is -0.0276. The van der Waals surface area contributed by atoms with Gasteiger partial charge in [0.1, 0.15) is 17.2 Å². The average Bonchev–Trinajstić information content (AvgIpc) is 2.24. The summed E-state index contributed by atoms with van der Waals surface area (Å²) in [7, 11) is 0. The Labute approximate surface area is 91.3 Å². The number of benzene rings is 1. The summed E-state index contributed by atoms with van der Waals surface area (Å²) < 4.78 is 30.8. The van der Waals surface area contributed by atoms with Crippen molar-refractivity contribution in [1.82, 2.24) is 0 Å². The molecule has 16 heavy (non-hydrogen) atoms. The van der Waals surface area contributed by atoms with Crippen LogP contribution in [-0.2, 0) is 4.74 Å². The Morgan fingerprint density at radius 1 is 1.38 bits per heavy atom. The van der Waals surface area contributed by atoms with Crippen LogP contribution < -0.4 is 0 Å². The highest BCUT2D eigenvalue weighted by molar-refractivity contribution is 5.89. The van der Waals surface area contributed by atoms with Gasteiger partial charge in [0.2, 0.25) is 0 Å². The van der Waals surface area contributed by atoms with Crippen LogP contribution in [0.5, 0.6) is 0 Å². The summed E-state index contributed by atoms with van der Waals surface area (Å²) in [6.07, 6.45) is 0.575. The van der Waals surface area contributed by atoms with Crippen LogP contribution in [-0.4, -0.2) is 12.6 Å². The van der Waals surface area contributed by atoms with Crippen molar-refractivity contribution in [2.75, 3.05) is 6.61 Å². The number of hydrogen-bond acceptors (Lipinski definition) is 3. The summed E-state index contributed by atoms with van der Waals surface area (Å²) >= 11 is 0. The molecule has 0 saturated heterocycles. The van der Waals surface area contributed by atoms with Crippen LogP contribution in [0.1, 0.15) is 23.2 Å². The molecule has 0 radical (unpaired) electrons. The second-order valence-corrected chi connectivity index (χ2v) is 2.99. The van der Waals surface area contributed by atoms with Crippen molar-refractivity contribution in [1.29, 1.82) is 5.26 Å². The molecule has 5 heteroatoms. The van der Waals surface area contributed by atoms with Crippen LogP contribution in [0, 0.1) is 23.0 Å². The minimum absolute atomic E-state index is 0.0276. The van der Waals surface area contributed by atoms with Gasteiger partial charge in [0.15, 0.2) is 0 Å². The van der Waals surface area contributed by atoms with E-state index in [1.54, 1.807) is 0 Å². The topological polar surface area (TPSA) is 50.1 Å². The zero-order chi connectivity index (χ0) is 12.0. The van der Waals surface area contributed by atoms with E-state index in [-0.39, 0.29) is 13.0 Å². The van der Waals surface area contributed by atoms with Gasteiger partial charge in [-0.3, -0.25) is 0 Å². The first-order chi connectivity index (χ1) is 7.66.